The third-order valence-electron chi connectivity index (χ3n) is 4.38. The smallest absolute Gasteiger partial charge is 0.227 e. The first-order valence-electron chi connectivity index (χ1n) is 8.78. The van der Waals surface area contributed by atoms with Gasteiger partial charge in [0.2, 0.25) is 5.95 Å². The normalized spacial score (nSPS) is 13.0. The Balaban J connectivity index is 1.76. The highest BCUT2D eigenvalue weighted by Gasteiger charge is 2.15. The molecular weight excluding hydrogens is 424 g/mol. The molecule has 0 spiro atoms. The molecule has 4 aromatic rings. The average Bonchev–Trinajstić information content (AvgIpc) is 2.74. The maximum absolute atomic E-state index is 12.0. The summed E-state index contributed by atoms with van der Waals surface area (Å²) in [7, 11) is -1.37. The van der Waals surface area contributed by atoms with Crippen molar-refractivity contribution in [1.82, 2.24) is 19.9 Å². The van der Waals surface area contributed by atoms with Gasteiger partial charge in [-0.25, -0.2) is 28.9 Å². The molecular formula is C20H17ClN6O2S. The van der Waals surface area contributed by atoms with Crippen LogP contribution in [0.3, 0.4) is 0 Å². The Kier molecular flexibility index (Phi) is 5.23. The number of nitrogens with one attached hydrogen (secondary N) is 2. The lowest BCUT2D eigenvalue weighted by atomic mass is 10.1. The first-order valence-corrected chi connectivity index (χ1v) is 11.1. The second-order valence-electron chi connectivity index (χ2n) is 6.46. The zero-order chi connectivity index (χ0) is 21.3. The number of aromatic nitrogens is 4. The minimum Gasteiger partial charge on any atom is -0.495 e. The van der Waals surface area contributed by atoms with Crippen LogP contribution in [0.25, 0.3) is 22.3 Å². The molecule has 0 aliphatic carbocycles. The van der Waals surface area contributed by atoms with Gasteiger partial charge < -0.3 is 10.1 Å². The second-order valence-corrected chi connectivity index (χ2v) is 9.03. The molecule has 0 radical (unpaired) electrons. The topological polar surface area (TPSA) is 114 Å². The standard InChI is InChI=1S/C20H17ClN6O2S/c1-29-17-9-12(30(2,22)28)7-8-16(17)26-20-23-10-14(21)19(27-20)18-13-5-3-4-6-15(13)24-11-25-18/h3-11,22H,1-2H3,(H,23,26,27). The molecule has 2 N–H and O–H groups in total. The zero-order valence-corrected chi connectivity index (χ0v) is 17.7. The highest BCUT2D eigenvalue weighted by atomic mass is 35.5. The van der Waals surface area contributed by atoms with Crippen molar-refractivity contribution in [2.24, 2.45) is 0 Å². The lowest BCUT2D eigenvalue weighted by Gasteiger charge is -2.13. The van der Waals surface area contributed by atoms with Gasteiger partial charge >= 0.3 is 0 Å². The Labute approximate surface area is 178 Å². The van der Waals surface area contributed by atoms with Crippen LogP contribution in [0, 0.1) is 4.78 Å². The molecule has 0 amide bonds. The molecule has 0 bridgehead atoms. The minimum absolute atomic E-state index is 0.284. The summed E-state index contributed by atoms with van der Waals surface area (Å²) in [4.78, 5) is 17.8. The SMILES string of the molecule is COc1cc(S(C)(=N)=O)ccc1Nc1ncc(Cl)c(-c2ncnc3ccccc23)n1. The number of nitrogens with zero attached hydrogens (tertiary/aromatic N) is 4. The minimum atomic E-state index is -2.86. The van der Waals surface area contributed by atoms with Crippen molar-refractivity contribution in [3.63, 3.8) is 0 Å². The summed E-state index contributed by atoms with van der Waals surface area (Å²) in [6.07, 6.45) is 4.32. The number of halogens is 1. The van der Waals surface area contributed by atoms with E-state index in [0.29, 0.717) is 32.7 Å². The second kappa shape index (κ2) is 7.85. The maximum Gasteiger partial charge on any atom is 0.227 e. The number of rotatable bonds is 5. The Bertz CT molecular complexity index is 1360. The van der Waals surface area contributed by atoms with E-state index in [9.17, 15) is 4.21 Å². The quantitative estimate of drug-likeness (QED) is 0.468. The van der Waals surface area contributed by atoms with Gasteiger partial charge in [0, 0.05) is 11.6 Å². The molecule has 0 aliphatic heterocycles. The fourth-order valence-electron chi connectivity index (χ4n) is 2.92. The zero-order valence-electron chi connectivity index (χ0n) is 16.1. The number of hydrogen-bond acceptors (Lipinski definition) is 8. The fourth-order valence-corrected chi connectivity index (χ4v) is 3.76. The molecule has 30 heavy (non-hydrogen) atoms. The van der Waals surface area contributed by atoms with Crippen LogP contribution in [0.4, 0.5) is 11.6 Å². The Morgan fingerprint density at radius 2 is 1.90 bits per heavy atom. The van der Waals surface area contributed by atoms with Gasteiger partial charge in [-0.3, -0.25) is 0 Å². The van der Waals surface area contributed by atoms with Crippen molar-refractivity contribution in [2.45, 2.75) is 4.90 Å². The third kappa shape index (κ3) is 3.89. The molecule has 1 atom stereocenters. The van der Waals surface area contributed by atoms with Crippen molar-refractivity contribution in [3.05, 3.63) is 60.0 Å². The predicted molar refractivity (Wildman–Crippen MR) is 117 cm³/mol. The van der Waals surface area contributed by atoms with Gasteiger partial charge in [0.25, 0.3) is 0 Å². The van der Waals surface area contributed by atoms with Crippen LogP contribution in [-0.4, -0.2) is 37.5 Å². The number of para-hydroxylation sites is 1. The molecule has 2 aromatic carbocycles. The van der Waals surface area contributed by atoms with Gasteiger partial charge in [-0.05, 0) is 24.3 Å². The number of ether oxygens (including phenoxy) is 1. The lowest BCUT2D eigenvalue weighted by Crippen LogP contribution is -2.03. The molecule has 152 valence electrons. The van der Waals surface area contributed by atoms with Gasteiger partial charge in [0.1, 0.15) is 23.5 Å². The van der Waals surface area contributed by atoms with Gasteiger partial charge in [-0.1, -0.05) is 29.8 Å². The van der Waals surface area contributed by atoms with E-state index in [0.717, 1.165) is 10.9 Å². The Morgan fingerprint density at radius 3 is 2.67 bits per heavy atom. The van der Waals surface area contributed by atoms with E-state index in [-0.39, 0.29) is 5.95 Å². The van der Waals surface area contributed by atoms with Gasteiger partial charge in [0.05, 0.1) is 44.2 Å². The number of benzene rings is 2. The van der Waals surface area contributed by atoms with Crippen molar-refractivity contribution in [1.29, 1.82) is 4.78 Å². The highest BCUT2D eigenvalue weighted by Crippen LogP contribution is 2.32. The first kappa shape index (κ1) is 20.0. The molecule has 2 heterocycles. The number of methoxy groups -OCH3 is 1. The van der Waals surface area contributed by atoms with Crippen molar-refractivity contribution >= 4 is 43.9 Å². The monoisotopic (exact) mass is 440 g/mol. The van der Waals surface area contributed by atoms with Crippen LogP contribution < -0.4 is 10.1 Å². The number of hydrogen-bond donors (Lipinski definition) is 2. The Hall–Kier alpha value is -3.30. The largest absolute Gasteiger partial charge is 0.495 e. The molecule has 0 saturated heterocycles. The molecule has 8 nitrogen and oxygen atoms in total. The summed E-state index contributed by atoms with van der Waals surface area (Å²) in [5.41, 5.74) is 2.40. The summed E-state index contributed by atoms with van der Waals surface area (Å²) in [5, 5.41) is 4.26. The molecule has 4 rings (SSSR count). The van der Waals surface area contributed by atoms with E-state index in [1.807, 2.05) is 24.3 Å². The van der Waals surface area contributed by atoms with E-state index < -0.39 is 9.73 Å². The summed E-state index contributed by atoms with van der Waals surface area (Å²) >= 11 is 6.37. The van der Waals surface area contributed by atoms with Crippen molar-refractivity contribution < 1.29 is 8.95 Å². The van der Waals surface area contributed by atoms with Crippen LogP contribution >= 0.6 is 11.6 Å². The first-order chi connectivity index (χ1) is 14.4. The fraction of sp³-hybridized carbons (Fsp3) is 0.100. The van der Waals surface area contributed by atoms with Crippen LogP contribution in [0.5, 0.6) is 5.75 Å². The summed E-state index contributed by atoms with van der Waals surface area (Å²) < 4.78 is 25.1. The van der Waals surface area contributed by atoms with Gasteiger partial charge in [0.15, 0.2) is 0 Å². The van der Waals surface area contributed by atoms with Crippen molar-refractivity contribution in [2.75, 3.05) is 18.7 Å². The van der Waals surface area contributed by atoms with Crippen LogP contribution in [0.1, 0.15) is 0 Å². The van der Waals surface area contributed by atoms with Crippen LogP contribution in [-0.2, 0) is 9.73 Å². The molecule has 2 aromatic heterocycles. The number of fused-ring (bicyclic) bond motifs is 1. The molecule has 0 saturated carbocycles. The predicted octanol–water partition coefficient (Wildman–Crippen LogP) is 4.53. The number of anilines is 2. The molecule has 10 heteroatoms. The van der Waals surface area contributed by atoms with E-state index in [2.05, 4.69) is 25.3 Å². The van der Waals surface area contributed by atoms with Gasteiger partial charge in [-0.15, -0.1) is 0 Å². The Morgan fingerprint density at radius 1 is 1.10 bits per heavy atom. The third-order valence-corrected chi connectivity index (χ3v) is 5.81. The van der Waals surface area contributed by atoms with E-state index in [1.54, 1.807) is 18.2 Å². The summed E-state index contributed by atoms with van der Waals surface area (Å²) in [6.45, 7) is 0. The van der Waals surface area contributed by atoms with E-state index in [1.165, 1.54) is 25.9 Å². The van der Waals surface area contributed by atoms with Crippen LogP contribution in [0.15, 0.2) is 59.9 Å². The average molecular weight is 441 g/mol. The summed E-state index contributed by atoms with van der Waals surface area (Å²) in [6, 6.07) is 12.4. The lowest BCUT2D eigenvalue weighted by molar-refractivity contribution is 0.415. The molecule has 0 fully saturated rings. The summed E-state index contributed by atoms with van der Waals surface area (Å²) in [5.74, 6) is 0.702. The van der Waals surface area contributed by atoms with E-state index in [4.69, 9.17) is 21.1 Å². The molecule has 0 aliphatic rings. The molecule has 1 unspecified atom stereocenters. The maximum atomic E-state index is 12.0. The van der Waals surface area contributed by atoms with Crippen LogP contribution in [0.2, 0.25) is 5.02 Å². The van der Waals surface area contributed by atoms with E-state index >= 15 is 0 Å². The highest BCUT2D eigenvalue weighted by molar-refractivity contribution is 7.91. The van der Waals surface area contributed by atoms with Gasteiger partial charge in [-0.2, -0.15) is 0 Å². The van der Waals surface area contributed by atoms with Crippen molar-refractivity contribution in [3.8, 4) is 17.1 Å².